The summed E-state index contributed by atoms with van der Waals surface area (Å²) in [6, 6.07) is 19.7. The minimum atomic E-state index is -0.452. The number of ether oxygens (including phenoxy) is 2. The number of carbonyl (C=O) groups excluding carboxylic acids is 2. The number of hydrogen-bond acceptors (Lipinski definition) is 4. The Morgan fingerprint density at radius 2 is 1.60 bits per heavy atom. The van der Waals surface area contributed by atoms with Crippen LogP contribution in [-0.4, -0.2) is 65.6 Å². The number of carbonyl (C=O) groups is 2. The molecular formula is C33H45N3O4. The second kappa shape index (κ2) is 13.2. The van der Waals surface area contributed by atoms with Crippen molar-refractivity contribution < 1.29 is 19.1 Å². The van der Waals surface area contributed by atoms with Gasteiger partial charge >= 0.3 is 0 Å². The van der Waals surface area contributed by atoms with Crippen LogP contribution >= 0.6 is 0 Å². The molecule has 0 fully saturated rings. The van der Waals surface area contributed by atoms with Gasteiger partial charge in [-0.15, -0.1) is 0 Å². The van der Waals surface area contributed by atoms with Crippen molar-refractivity contribution in [2.45, 2.75) is 65.6 Å². The fraction of sp³-hybridized carbons (Fsp3) is 0.455. The van der Waals surface area contributed by atoms with Crippen LogP contribution in [0.3, 0.4) is 0 Å². The van der Waals surface area contributed by atoms with E-state index < -0.39 is 5.54 Å². The quantitative estimate of drug-likeness (QED) is 0.306. The number of methoxy groups -OCH3 is 2. The van der Waals surface area contributed by atoms with Crippen LogP contribution in [0.2, 0.25) is 0 Å². The average molecular weight is 548 g/mol. The summed E-state index contributed by atoms with van der Waals surface area (Å²) in [4.78, 5) is 30.8. The Morgan fingerprint density at radius 3 is 2.20 bits per heavy atom. The molecule has 0 radical (unpaired) electrons. The third-order valence-corrected chi connectivity index (χ3v) is 7.02. The first-order valence-corrected chi connectivity index (χ1v) is 13.8. The largest absolute Gasteiger partial charge is 0.497 e. The highest BCUT2D eigenvalue weighted by atomic mass is 16.5. The molecule has 0 aliphatic heterocycles. The molecule has 0 saturated carbocycles. The first kappa shape index (κ1) is 31.0. The highest BCUT2D eigenvalue weighted by Gasteiger charge is 2.30. The zero-order valence-corrected chi connectivity index (χ0v) is 25.4. The molecule has 0 N–H and O–H groups in total. The number of rotatable bonds is 11. The summed E-state index contributed by atoms with van der Waals surface area (Å²) in [5.74, 6) is 0.519. The Bertz CT molecular complexity index is 1270. The van der Waals surface area contributed by atoms with E-state index in [4.69, 9.17) is 9.47 Å². The summed E-state index contributed by atoms with van der Waals surface area (Å²) < 4.78 is 12.8. The third-order valence-electron chi connectivity index (χ3n) is 7.02. The van der Waals surface area contributed by atoms with E-state index in [0.717, 1.165) is 22.6 Å². The fourth-order valence-corrected chi connectivity index (χ4v) is 4.57. The van der Waals surface area contributed by atoms with Gasteiger partial charge in [0.2, 0.25) is 5.91 Å². The monoisotopic (exact) mass is 547 g/mol. The molecule has 2 amide bonds. The van der Waals surface area contributed by atoms with Crippen LogP contribution < -0.4 is 4.74 Å². The first-order valence-electron chi connectivity index (χ1n) is 13.8. The van der Waals surface area contributed by atoms with Gasteiger partial charge in [0, 0.05) is 43.2 Å². The van der Waals surface area contributed by atoms with Gasteiger partial charge < -0.3 is 23.8 Å². The molecule has 0 unspecified atom stereocenters. The molecule has 2 aromatic carbocycles. The van der Waals surface area contributed by atoms with Gasteiger partial charge in [-0.3, -0.25) is 9.59 Å². The summed E-state index contributed by atoms with van der Waals surface area (Å²) in [7, 11) is 3.26. The standard InChI is InChI=1S/C33H45N3O4/c1-32(2,3)27-16-14-26(15-17-27)31(38)35(19-20-39-7)24-30(37)36(33(4,5)6)23-28-12-10-18-34(28)22-25-11-9-13-29(21-25)40-8/h9-18,21H,19-20,22-24H2,1-8H3. The number of aromatic nitrogens is 1. The molecular weight excluding hydrogens is 502 g/mol. The third kappa shape index (κ3) is 8.21. The molecule has 3 aromatic rings. The van der Waals surface area contributed by atoms with Crippen LogP contribution in [-0.2, 0) is 28.0 Å². The molecule has 3 rings (SSSR count). The molecule has 0 atom stereocenters. The van der Waals surface area contributed by atoms with Gasteiger partial charge in [-0.1, -0.05) is 45.0 Å². The van der Waals surface area contributed by atoms with Gasteiger partial charge in [0.15, 0.2) is 0 Å². The van der Waals surface area contributed by atoms with Gasteiger partial charge in [0.25, 0.3) is 5.91 Å². The lowest BCUT2D eigenvalue weighted by molar-refractivity contribution is -0.137. The van der Waals surface area contributed by atoms with E-state index >= 15 is 0 Å². The zero-order chi connectivity index (χ0) is 29.5. The number of benzene rings is 2. The molecule has 0 aliphatic carbocycles. The Hall–Kier alpha value is -3.58. The molecule has 1 heterocycles. The average Bonchev–Trinajstić information content (AvgIpc) is 3.34. The summed E-state index contributed by atoms with van der Waals surface area (Å²) >= 11 is 0. The Labute approximate surface area is 239 Å². The van der Waals surface area contributed by atoms with E-state index in [-0.39, 0.29) is 23.8 Å². The van der Waals surface area contributed by atoms with Gasteiger partial charge in [-0.25, -0.2) is 0 Å². The van der Waals surface area contributed by atoms with Crippen LogP contribution in [0.1, 0.15) is 68.7 Å². The predicted octanol–water partition coefficient (Wildman–Crippen LogP) is 5.76. The normalized spacial score (nSPS) is 11.8. The van der Waals surface area contributed by atoms with E-state index in [1.165, 1.54) is 0 Å². The highest BCUT2D eigenvalue weighted by Crippen LogP contribution is 2.24. The molecule has 0 aliphatic rings. The number of nitrogens with zero attached hydrogens (tertiary/aromatic N) is 3. The summed E-state index contributed by atoms with van der Waals surface area (Å²) in [5.41, 5.74) is 3.38. The molecule has 0 bridgehead atoms. The van der Waals surface area contributed by atoms with Crippen LogP contribution in [0, 0.1) is 0 Å². The van der Waals surface area contributed by atoms with Crippen molar-refractivity contribution >= 4 is 11.8 Å². The second-order valence-electron chi connectivity index (χ2n) is 12.2. The minimum Gasteiger partial charge on any atom is -0.497 e. The lowest BCUT2D eigenvalue weighted by Gasteiger charge is -2.37. The van der Waals surface area contributed by atoms with Crippen molar-refractivity contribution in [2.75, 3.05) is 33.9 Å². The number of hydrogen-bond donors (Lipinski definition) is 0. The van der Waals surface area contributed by atoms with E-state index in [9.17, 15) is 9.59 Å². The maximum absolute atomic E-state index is 13.8. The second-order valence-corrected chi connectivity index (χ2v) is 12.2. The smallest absolute Gasteiger partial charge is 0.254 e. The molecule has 216 valence electrons. The molecule has 0 saturated heterocycles. The van der Waals surface area contributed by atoms with Crippen molar-refractivity contribution in [1.82, 2.24) is 14.4 Å². The highest BCUT2D eigenvalue weighted by molar-refractivity contribution is 5.96. The minimum absolute atomic E-state index is 0.00919. The molecule has 7 heteroatoms. The topological polar surface area (TPSA) is 64.0 Å². The van der Waals surface area contributed by atoms with E-state index in [1.807, 2.05) is 86.5 Å². The maximum atomic E-state index is 13.8. The molecule has 0 spiro atoms. The SMILES string of the molecule is COCCN(CC(=O)N(Cc1cccn1Cc1cccc(OC)c1)C(C)(C)C)C(=O)c1ccc(C(C)(C)C)cc1. The zero-order valence-electron chi connectivity index (χ0n) is 25.4. The summed E-state index contributed by atoms with van der Waals surface area (Å²) in [6.45, 7) is 14.2. The van der Waals surface area contributed by atoms with E-state index in [1.54, 1.807) is 19.1 Å². The van der Waals surface area contributed by atoms with Crippen LogP contribution in [0.4, 0.5) is 0 Å². The molecule has 7 nitrogen and oxygen atoms in total. The van der Waals surface area contributed by atoms with E-state index in [2.05, 4.69) is 31.4 Å². The van der Waals surface area contributed by atoms with Crippen molar-refractivity contribution in [2.24, 2.45) is 0 Å². The van der Waals surface area contributed by atoms with E-state index in [0.29, 0.717) is 31.8 Å². The number of amides is 2. The van der Waals surface area contributed by atoms with Crippen molar-refractivity contribution in [3.8, 4) is 5.75 Å². The lowest BCUT2D eigenvalue weighted by atomic mass is 9.86. The molecule has 1 aromatic heterocycles. The predicted molar refractivity (Wildman–Crippen MR) is 160 cm³/mol. The lowest BCUT2D eigenvalue weighted by Crippen LogP contribution is -2.50. The Morgan fingerprint density at radius 1 is 0.900 bits per heavy atom. The van der Waals surface area contributed by atoms with Gasteiger partial charge in [0.05, 0.1) is 20.3 Å². The van der Waals surface area contributed by atoms with Crippen molar-refractivity contribution in [3.63, 3.8) is 0 Å². The maximum Gasteiger partial charge on any atom is 0.254 e. The summed E-state index contributed by atoms with van der Waals surface area (Å²) in [5, 5.41) is 0. The van der Waals surface area contributed by atoms with Crippen molar-refractivity contribution in [1.29, 1.82) is 0 Å². The Balaban J connectivity index is 1.81. The van der Waals surface area contributed by atoms with Crippen LogP contribution in [0.5, 0.6) is 5.75 Å². The van der Waals surface area contributed by atoms with Gasteiger partial charge in [-0.2, -0.15) is 0 Å². The molecule has 40 heavy (non-hydrogen) atoms. The fourth-order valence-electron chi connectivity index (χ4n) is 4.57. The van der Waals surface area contributed by atoms with Gasteiger partial charge in [-0.05, 0) is 73.7 Å². The van der Waals surface area contributed by atoms with Crippen LogP contribution in [0.15, 0.2) is 66.9 Å². The first-order chi connectivity index (χ1) is 18.8. The Kier molecular flexibility index (Phi) is 10.2. The van der Waals surface area contributed by atoms with Crippen molar-refractivity contribution in [3.05, 3.63) is 89.2 Å². The van der Waals surface area contributed by atoms with Gasteiger partial charge in [0.1, 0.15) is 12.3 Å². The summed E-state index contributed by atoms with van der Waals surface area (Å²) in [6.07, 6.45) is 2.02. The van der Waals surface area contributed by atoms with Crippen LogP contribution in [0.25, 0.3) is 0 Å².